The van der Waals surface area contributed by atoms with Gasteiger partial charge in [-0.05, 0) is 13.0 Å². The molecule has 124 valence electrons. The highest BCUT2D eigenvalue weighted by atomic mass is 16.2. The Kier molecular flexibility index (Phi) is 3.58. The second-order valence-corrected chi connectivity index (χ2v) is 6.12. The molecule has 1 aliphatic heterocycles. The quantitative estimate of drug-likeness (QED) is 0.780. The van der Waals surface area contributed by atoms with Crippen LogP contribution >= 0.6 is 0 Å². The molecule has 0 fully saturated rings. The monoisotopic (exact) mass is 332 g/mol. The molecule has 1 aliphatic rings. The molecule has 0 saturated heterocycles. The van der Waals surface area contributed by atoms with Crippen molar-refractivity contribution in [2.75, 3.05) is 6.54 Å². The Bertz CT molecular complexity index is 965. The summed E-state index contributed by atoms with van der Waals surface area (Å²) in [6.07, 6.45) is 1.54. The van der Waals surface area contributed by atoms with E-state index in [1.807, 2.05) is 43.3 Å². The first-order chi connectivity index (χ1) is 12.2. The number of fused-ring (bicyclic) bond motifs is 1. The van der Waals surface area contributed by atoms with Crippen molar-refractivity contribution in [3.8, 4) is 17.5 Å². The minimum Gasteiger partial charge on any atom is -0.356 e. The molecular formula is C18H16N6O. The minimum atomic E-state index is -0.135. The maximum absolute atomic E-state index is 12.7. The standard InChI is InChI=1S/C18H16N6O/c1-12-10-23(18(25)15-7-13(8-19)9-20-15)11-16-21-22-17(24(12)16)14-5-3-2-4-6-14/h2-7,9,12,20H,10-11H2,1H3/t12-/m0/s1. The number of nitriles is 1. The largest absolute Gasteiger partial charge is 0.356 e. The molecule has 0 radical (unpaired) electrons. The second kappa shape index (κ2) is 5.91. The van der Waals surface area contributed by atoms with Gasteiger partial charge >= 0.3 is 0 Å². The molecular weight excluding hydrogens is 316 g/mol. The fourth-order valence-electron chi connectivity index (χ4n) is 3.22. The van der Waals surface area contributed by atoms with Crippen LogP contribution < -0.4 is 0 Å². The van der Waals surface area contributed by atoms with Crippen LogP contribution in [-0.4, -0.2) is 37.1 Å². The first-order valence-corrected chi connectivity index (χ1v) is 8.04. The highest BCUT2D eigenvalue weighted by Gasteiger charge is 2.30. The zero-order valence-electron chi connectivity index (χ0n) is 13.7. The van der Waals surface area contributed by atoms with Gasteiger partial charge in [0.25, 0.3) is 5.91 Å². The molecule has 4 rings (SSSR count). The Balaban J connectivity index is 1.63. The second-order valence-electron chi connectivity index (χ2n) is 6.12. The molecule has 1 amide bonds. The summed E-state index contributed by atoms with van der Waals surface area (Å²) >= 11 is 0. The molecule has 0 unspecified atom stereocenters. The lowest BCUT2D eigenvalue weighted by Gasteiger charge is -2.32. The van der Waals surface area contributed by atoms with E-state index < -0.39 is 0 Å². The van der Waals surface area contributed by atoms with Gasteiger partial charge < -0.3 is 14.5 Å². The van der Waals surface area contributed by atoms with Gasteiger partial charge in [0, 0.05) is 18.3 Å². The normalized spacial score (nSPS) is 16.3. The van der Waals surface area contributed by atoms with Crippen LogP contribution in [0.2, 0.25) is 0 Å². The Morgan fingerprint density at radius 3 is 2.84 bits per heavy atom. The van der Waals surface area contributed by atoms with Crippen molar-refractivity contribution in [3.63, 3.8) is 0 Å². The van der Waals surface area contributed by atoms with Gasteiger partial charge in [0.05, 0.1) is 18.2 Å². The van der Waals surface area contributed by atoms with Crippen LogP contribution in [0.5, 0.6) is 0 Å². The van der Waals surface area contributed by atoms with Crippen molar-refractivity contribution in [2.24, 2.45) is 0 Å². The maximum atomic E-state index is 12.7. The van der Waals surface area contributed by atoms with E-state index in [9.17, 15) is 4.79 Å². The van der Waals surface area contributed by atoms with Gasteiger partial charge in [-0.25, -0.2) is 0 Å². The summed E-state index contributed by atoms with van der Waals surface area (Å²) in [5.41, 5.74) is 1.87. The van der Waals surface area contributed by atoms with Gasteiger partial charge in [-0.3, -0.25) is 4.79 Å². The lowest BCUT2D eigenvalue weighted by Crippen LogP contribution is -2.40. The predicted molar refractivity (Wildman–Crippen MR) is 90.4 cm³/mol. The predicted octanol–water partition coefficient (Wildman–Crippen LogP) is 2.36. The molecule has 3 heterocycles. The zero-order valence-corrected chi connectivity index (χ0v) is 13.7. The highest BCUT2D eigenvalue weighted by Crippen LogP contribution is 2.28. The van der Waals surface area contributed by atoms with E-state index in [1.165, 1.54) is 6.20 Å². The minimum absolute atomic E-state index is 0.0586. The van der Waals surface area contributed by atoms with Crippen LogP contribution in [0, 0.1) is 11.3 Å². The molecule has 1 aromatic carbocycles. The third kappa shape index (κ3) is 2.58. The van der Waals surface area contributed by atoms with Gasteiger partial charge in [-0.15, -0.1) is 10.2 Å². The fraction of sp³-hybridized carbons (Fsp3) is 0.222. The molecule has 0 saturated carbocycles. The van der Waals surface area contributed by atoms with Crippen LogP contribution in [0.15, 0.2) is 42.6 Å². The van der Waals surface area contributed by atoms with Gasteiger partial charge in [0.15, 0.2) is 11.6 Å². The number of hydrogen-bond acceptors (Lipinski definition) is 4. The Morgan fingerprint density at radius 2 is 2.12 bits per heavy atom. The molecule has 0 aliphatic carbocycles. The summed E-state index contributed by atoms with van der Waals surface area (Å²) < 4.78 is 2.09. The SMILES string of the molecule is C[C@H]1CN(C(=O)c2cc(C#N)c[nH]2)Cc2nnc(-c3ccccc3)n21. The van der Waals surface area contributed by atoms with E-state index >= 15 is 0 Å². The number of rotatable bonds is 2. The highest BCUT2D eigenvalue weighted by molar-refractivity contribution is 5.93. The summed E-state index contributed by atoms with van der Waals surface area (Å²) in [5.74, 6) is 1.45. The van der Waals surface area contributed by atoms with Gasteiger partial charge in [-0.1, -0.05) is 30.3 Å². The van der Waals surface area contributed by atoms with Crippen LogP contribution in [0.1, 0.15) is 34.8 Å². The third-order valence-electron chi connectivity index (χ3n) is 4.39. The van der Waals surface area contributed by atoms with Crippen molar-refractivity contribution in [2.45, 2.75) is 19.5 Å². The van der Waals surface area contributed by atoms with Gasteiger partial charge in [0.1, 0.15) is 11.8 Å². The summed E-state index contributed by atoms with van der Waals surface area (Å²) in [5, 5.41) is 17.5. The summed E-state index contributed by atoms with van der Waals surface area (Å²) in [6.45, 7) is 3.00. The number of amides is 1. The van der Waals surface area contributed by atoms with E-state index in [4.69, 9.17) is 5.26 Å². The number of benzene rings is 1. The summed E-state index contributed by atoms with van der Waals surface area (Å²) in [7, 11) is 0. The van der Waals surface area contributed by atoms with Gasteiger partial charge in [-0.2, -0.15) is 5.26 Å². The Morgan fingerprint density at radius 1 is 1.32 bits per heavy atom. The number of carbonyl (C=O) groups is 1. The number of nitrogens with one attached hydrogen (secondary N) is 1. The van der Waals surface area contributed by atoms with Crippen molar-refractivity contribution < 1.29 is 4.79 Å². The van der Waals surface area contributed by atoms with Crippen LogP contribution in [0.25, 0.3) is 11.4 Å². The molecule has 25 heavy (non-hydrogen) atoms. The molecule has 0 bridgehead atoms. The average molecular weight is 332 g/mol. The number of aromatic nitrogens is 4. The summed E-state index contributed by atoms with van der Waals surface area (Å²) in [6, 6.07) is 13.6. The fourth-order valence-corrected chi connectivity index (χ4v) is 3.22. The van der Waals surface area contributed by atoms with Crippen molar-refractivity contribution >= 4 is 5.91 Å². The number of H-pyrrole nitrogens is 1. The van der Waals surface area contributed by atoms with E-state index in [1.54, 1.807) is 11.0 Å². The maximum Gasteiger partial charge on any atom is 0.270 e. The van der Waals surface area contributed by atoms with E-state index in [0.29, 0.717) is 24.3 Å². The molecule has 7 heteroatoms. The van der Waals surface area contributed by atoms with Crippen molar-refractivity contribution in [3.05, 3.63) is 59.7 Å². The smallest absolute Gasteiger partial charge is 0.270 e. The zero-order chi connectivity index (χ0) is 17.4. The van der Waals surface area contributed by atoms with E-state index in [2.05, 4.69) is 19.7 Å². The Labute approximate surface area is 144 Å². The van der Waals surface area contributed by atoms with Crippen molar-refractivity contribution in [1.82, 2.24) is 24.6 Å². The van der Waals surface area contributed by atoms with Gasteiger partial charge in [0.2, 0.25) is 0 Å². The lowest BCUT2D eigenvalue weighted by atomic mass is 10.1. The molecule has 3 aromatic rings. The Hall–Kier alpha value is -3.40. The van der Waals surface area contributed by atoms with Crippen LogP contribution in [0.4, 0.5) is 0 Å². The number of carbonyl (C=O) groups excluding carboxylic acids is 1. The number of aromatic amines is 1. The number of hydrogen-bond donors (Lipinski definition) is 1. The third-order valence-corrected chi connectivity index (χ3v) is 4.39. The first-order valence-electron chi connectivity index (χ1n) is 8.04. The average Bonchev–Trinajstić information content (AvgIpc) is 3.29. The molecule has 2 aromatic heterocycles. The molecule has 0 spiro atoms. The topological polar surface area (TPSA) is 90.6 Å². The van der Waals surface area contributed by atoms with Crippen molar-refractivity contribution in [1.29, 1.82) is 5.26 Å². The molecule has 1 N–H and O–H groups in total. The van der Waals surface area contributed by atoms with E-state index in [-0.39, 0.29) is 11.9 Å². The molecule has 7 nitrogen and oxygen atoms in total. The molecule has 1 atom stereocenters. The first kappa shape index (κ1) is 15.1. The lowest BCUT2D eigenvalue weighted by molar-refractivity contribution is 0.0677. The van der Waals surface area contributed by atoms with Crippen LogP contribution in [-0.2, 0) is 6.54 Å². The summed E-state index contributed by atoms with van der Waals surface area (Å²) in [4.78, 5) is 17.3. The number of nitrogens with zero attached hydrogens (tertiary/aromatic N) is 5. The van der Waals surface area contributed by atoms with Crippen LogP contribution in [0.3, 0.4) is 0 Å². The van der Waals surface area contributed by atoms with E-state index in [0.717, 1.165) is 17.2 Å².